The summed E-state index contributed by atoms with van der Waals surface area (Å²) < 4.78 is 26.5. The van der Waals surface area contributed by atoms with Crippen molar-refractivity contribution >= 4 is 10.0 Å². The number of sulfonamides is 1. The molecule has 0 radical (unpaired) electrons. The second-order valence-corrected chi connectivity index (χ2v) is 9.99. The van der Waals surface area contributed by atoms with Gasteiger partial charge in [-0.25, -0.2) is 13.1 Å². The summed E-state index contributed by atoms with van der Waals surface area (Å²) in [6, 6.07) is 0. The Morgan fingerprint density at radius 1 is 0.815 bits per heavy atom. The average molecular weight is 404 g/mol. The Bertz CT molecular complexity index is 462. The lowest BCUT2D eigenvalue weighted by atomic mass is 9.87. The van der Waals surface area contributed by atoms with Crippen molar-refractivity contribution < 1.29 is 8.42 Å². The normalized spacial score (nSPS) is 12.9. The van der Waals surface area contributed by atoms with Crippen LogP contribution in [0.15, 0.2) is 12.2 Å². The van der Waals surface area contributed by atoms with Gasteiger partial charge in [0, 0.05) is 6.54 Å². The van der Waals surface area contributed by atoms with Crippen LogP contribution in [0.1, 0.15) is 79.1 Å². The maximum atomic E-state index is 11.9. The van der Waals surface area contributed by atoms with Gasteiger partial charge < -0.3 is 10.6 Å². The zero-order chi connectivity index (χ0) is 20.4. The Morgan fingerprint density at radius 3 is 2.07 bits per heavy atom. The van der Waals surface area contributed by atoms with Crippen molar-refractivity contribution in [3.05, 3.63) is 12.2 Å². The molecule has 0 bridgehead atoms. The summed E-state index contributed by atoms with van der Waals surface area (Å²) in [5.74, 6) is 0.237. The molecule has 5 nitrogen and oxygen atoms in total. The molecule has 0 unspecified atom stereocenters. The zero-order valence-corrected chi connectivity index (χ0v) is 19.1. The first-order valence-electron chi connectivity index (χ1n) is 10.9. The minimum absolute atomic E-state index is 0.237. The summed E-state index contributed by atoms with van der Waals surface area (Å²) in [6.07, 6.45) is 12.3. The number of hydrogen-bond donors (Lipinski definition) is 3. The van der Waals surface area contributed by atoms with Gasteiger partial charge in [-0.2, -0.15) is 0 Å². The number of unbranched alkanes of at least 4 members (excludes halogenated alkanes) is 2. The standard InChI is InChI=1S/C21H45N3O2S/c1-5-7-8-9-10-11-20-27(25,26)24-18-13-17-22-15-12-16-23-19-14-21(3,4)6-2/h7-8,22-24H,5-6,9-20H2,1-4H3/b8-7-. The fourth-order valence-electron chi connectivity index (χ4n) is 2.54. The topological polar surface area (TPSA) is 70.2 Å². The number of allylic oxidation sites excluding steroid dienone is 2. The molecule has 162 valence electrons. The fourth-order valence-corrected chi connectivity index (χ4v) is 3.73. The summed E-state index contributed by atoms with van der Waals surface area (Å²) >= 11 is 0. The highest BCUT2D eigenvalue weighted by Gasteiger charge is 2.13. The van der Waals surface area contributed by atoms with E-state index in [2.05, 4.69) is 55.2 Å². The quantitative estimate of drug-likeness (QED) is 0.226. The van der Waals surface area contributed by atoms with Crippen LogP contribution >= 0.6 is 0 Å². The van der Waals surface area contributed by atoms with Gasteiger partial charge in [-0.3, -0.25) is 0 Å². The first-order valence-corrected chi connectivity index (χ1v) is 12.5. The number of nitrogens with one attached hydrogen (secondary N) is 3. The lowest BCUT2D eigenvalue weighted by Crippen LogP contribution is -2.30. The molecule has 0 saturated heterocycles. The lowest BCUT2D eigenvalue weighted by Gasteiger charge is -2.22. The van der Waals surface area contributed by atoms with Gasteiger partial charge in [-0.15, -0.1) is 0 Å². The van der Waals surface area contributed by atoms with Crippen LogP contribution in [0.4, 0.5) is 0 Å². The van der Waals surface area contributed by atoms with Crippen LogP contribution in [0, 0.1) is 5.41 Å². The summed E-state index contributed by atoms with van der Waals surface area (Å²) in [7, 11) is -3.11. The van der Waals surface area contributed by atoms with Gasteiger partial charge in [0.15, 0.2) is 0 Å². The highest BCUT2D eigenvalue weighted by atomic mass is 32.2. The van der Waals surface area contributed by atoms with Gasteiger partial charge in [0.25, 0.3) is 0 Å². The van der Waals surface area contributed by atoms with Crippen molar-refractivity contribution in [3.63, 3.8) is 0 Å². The molecule has 6 heteroatoms. The molecule has 27 heavy (non-hydrogen) atoms. The molecule has 0 rings (SSSR count). The highest BCUT2D eigenvalue weighted by Crippen LogP contribution is 2.23. The molecule has 0 amide bonds. The van der Waals surface area contributed by atoms with Crippen molar-refractivity contribution in [2.75, 3.05) is 38.5 Å². The van der Waals surface area contributed by atoms with Crippen molar-refractivity contribution in [1.29, 1.82) is 0 Å². The van der Waals surface area contributed by atoms with E-state index >= 15 is 0 Å². The van der Waals surface area contributed by atoms with E-state index in [-0.39, 0.29) is 5.75 Å². The first kappa shape index (κ1) is 26.6. The lowest BCUT2D eigenvalue weighted by molar-refractivity contribution is 0.315. The molecule has 0 aromatic heterocycles. The van der Waals surface area contributed by atoms with E-state index in [1.165, 1.54) is 12.8 Å². The minimum Gasteiger partial charge on any atom is -0.317 e. The van der Waals surface area contributed by atoms with E-state index in [1.54, 1.807) is 0 Å². The third-order valence-corrected chi connectivity index (χ3v) is 6.40. The predicted molar refractivity (Wildman–Crippen MR) is 119 cm³/mol. The van der Waals surface area contributed by atoms with E-state index < -0.39 is 10.0 Å². The average Bonchev–Trinajstić information content (AvgIpc) is 2.62. The molecule has 0 aliphatic heterocycles. The van der Waals surface area contributed by atoms with Crippen molar-refractivity contribution in [3.8, 4) is 0 Å². The molecular weight excluding hydrogens is 358 g/mol. The van der Waals surface area contributed by atoms with Gasteiger partial charge in [-0.1, -0.05) is 46.3 Å². The largest absolute Gasteiger partial charge is 0.317 e. The maximum absolute atomic E-state index is 11.9. The molecule has 0 fully saturated rings. The Morgan fingerprint density at radius 2 is 1.44 bits per heavy atom. The molecule has 0 saturated carbocycles. The van der Waals surface area contributed by atoms with E-state index in [0.717, 1.165) is 64.7 Å². The number of rotatable bonds is 19. The Labute approximate surface area is 169 Å². The first-order chi connectivity index (χ1) is 12.8. The minimum atomic E-state index is -3.11. The molecule has 3 N–H and O–H groups in total. The molecule has 0 atom stereocenters. The van der Waals surface area contributed by atoms with Crippen LogP contribution in [-0.2, 0) is 10.0 Å². The van der Waals surface area contributed by atoms with Crippen LogP contribution < -0.4 is 15.4 Å². The van der Waals surface area contributed by atoms with Gasteiger partial charge in [0.05, 0.1) is 5.75 Å². The Kier molecular flexibility index (Phi) is 16.3. The van der Waals surface area contributed by atoms with E-state index in [4.69, 9.17) is 0 Å². The maximum Gasteiger partial charge on any atom is 0.211 e. The van der Waals surface area contributed by atoms with Crippen LogP contribution in [0.3, 0.4) is 0 Å². The van der Waals surface area contributed by atoms with Crippen molar-refractivity contribution in [2.24, 2.45) is 5.41 Å². The second-order valence-electron chi connectivity index (χ2n) is 8.06. The number of hydrogen-bond acceptors (Lipinski definition) is 4. The van der Waals surface area contributed by atoms with Crippen LogP contribution in [0.5, 0.6) is 0 Å². The molecule has 0 aromatic rings. The second kappa shape index (κ2) is 16.5. The van der Waals surface area contributed by atoms with E-state index in [0.29, 0.717) is 12.0 Å². The third-order valence-electron chi connectivity index (χ3n) is 4.93. The Hall–Kier alpha value is -0.430. The smallest absolute Gasteiger partial charge is 0.211 e. The zero-order valence-electron chi connectivity index (χ0n) is 18.3. The van der Waals surface area contributed by atoms with E-state index in [9.17, 15) is 8.42 Å². The van der Waals surface area contributed by atoms with Gasteiger partial charge >= 0.3 is 0 Å². The SMILES string of the molecule is CC/C=C\CCCCS(=O)(=O)NCCCNCCCNCCC(C)(C)CC. The molecule has 0 aliphatic carbocycles. The van der Waals surface area contributed by atoms with Gasteiger partial charge in [0.2, 0.25) is 10.0 Å². The molecule has 0 aromatic carbocycles. The summed E-state index contributed by atoms with van der Waals surface area (Å²) in [6.45, 7) is 13.4. The summed E-state index contributed by atoms with van der Waals surface area (Å²) in [5, 5.41) is 6.88. The van der Waals surface area contributed by atoms with E-state index in [1.807, 2.05) is 0 Å². The highest BCUT2D eigenvalue weighted by molar-refractivity contribution is 7.89. The van der Waals surface area contributed by atoms with Gasteiger partial charge in [0.1, 0.15) is 0 Å². The Balaban J connectivity index is 3.43. The van der Waals surface area contributed by atoms with Gasteiger partial charge in [-0.05, 0) is 76.5 Å². The molecule has 0 spiro atoms. The molecular formula is C21H45N3O2S. The summed E-state index contributed by atoms with van der Waals surface area (Å²) in [5.41, 5.74) is 0.435. The fraction of sp³-hybridized carbons (Fsp3) is 0.905. The molecule has 0 aliphatic rings. The predicted octanol–water partition coefficient (Wildman–Crippen LogP) is 3.83. The van der Waals surface area contributed by atoms with Crippen LogP contribution in [0.25, 0.3) is 0 Å². The van der Waals surface area contributed by atoms with Crippen molar-refractivity contribution in [2.45, 2.75) is 79.1 Å². The van der Waals surface area contributed by atoms with Crippen LogP contribution in [-0.4, -0.2) is 46.9 Å². The van der Waals surface area contributed by atoms with Crippen molar-refractivity contribution in [1.82, 2.24) is 15.4 Å². The van der Waals surface area contributed by atoms with Crippen LogP contribution in [0.2, 0.25) is 0 Å². The summed E-state index contributed by atoms with van der Waals surface area (Å²) in [4.78, 5) is 0. The third kappa shape index (κ3) is 18.7. The monoisotopic (exact) mass is 403 g/mol. The molecule has 0 heterocycles.